The lowest BCUT2D eigenvalue weighted by molar-refractivity contribution is -0.137. The minimum atomic E-state index is -0.904. The molecule has 0 atom stereocenters. The first kappa shape index (κ1) is 14.8. The van der Waals surface area contributed by atoms with Gasteiger partial charge in [0, 0.05) is 18.0 Å². The predicted molar refractivity (Wildman–Crippen MR) is 72.6 cm³/mol. The standard InChI is InChI=1S/C14H16N2O5/c1-14(2,6-5-12(17)18)15-13(19)9-8-11(21-16-9)10-4-3-7-20-10/h3-4,7-8H,5-6H2,1-2H3,(H,15,19)(H,17,18). The minimum absolute atomic E-state index is 0.0241. The Labute approximate surface area is 120 Å². The van der Waals surface area contributed by atoms with Crippen molar-refractivity contribution in [3.8, 4) is 11.5 Å². The van der Waals surface area contributed by atoms with Gasteiger partial charge in [0.1, 0.15) is 0 Å². The SMILES string of the molecule is CC(C)(CCC(=O)O)NC(=O)c1cc(-c2ccco2)on1. The molecule has 2 aromatic heterocycles. The first-order chi connectivity index (χ1) is 9.87. The molecule has 0 saturated heterocycles. The van der Waals surface area contributed by atoms with Gasteiger partial charge < -0.3 is 19.4 Å². The number of carbonyl (C=O) groups excluding carboxylic acids is 1. The van der Waals surface area contributed by atoms with Gasteiger partial charge in [0.05, 0.1) is 6.26 Å². The quantitative estimate of drug-likeness (QED) is 0.846. The molecule has 21 heavy (non-hydrogen) atoms. The van der Waals surface area contributed by atoms with Crippen LogP contribution in [0.3, 0.4) is 0 Å². The summed E-state index contributed by atoms with van der Waals surface area (Å²) in [6.07, 6.45) is 1.79. The molecule has 0 bridgehead atoms. The third-order valence-electron chi connectivity index (χ3n) is 2.92. The summed E-state index contributed by atoms with van der Waals surface area (Å²) in [6.45, 7) is 3.50. The van der Waals surface area contributed by atoms with Crippen molar-refractivity contribution in [2.45, 2.75) is 32.2 Å². The molecule has 2 N–H and O–H groups in total. The van der Waals surface area contributed by atoms with E-state index in [9.17, 15) is 9.59 Å². The first-order valence-corrected chi connectivity index (χ1v) is 6.42. The van der Waals surface area contributed by atoms with Gasteiger partial charge in [0.25, 0.3) is 5.91 Å². The molecule has 7 heteroatoms. The smallest absolute Gasteiger partial charge is 0.303 e. The molecule has 0 aromatic carbocycles. The molecule has 2 aromatic rings. The van der Waals surface area contributed by atoms with Gasteiger partial charge in [0.15, 0.2) is 11.5 Å². The topological polar surface area (TPSA) is 106 Å². The van der Waals surface area contributed by atoms with Gasteiger partial charge >= 0.3 is 5.97 Å². The van der Waals surface area contributed by atoms with Crippen LogP contribution in [0, 0.1) is 0 Å². The van der Waals surface area contributed by atoms with Gasteiger partial charge in [-0.25, -0.2) is 0 Å². The van der Waals surface area contributed by atoms with Crippen LogP contribution in [0.15, 0.2) is 33.4 Å². The van der Waals surface area contributed by atoms with Gasteiger partial charge in [-0.2, -0.15) is 0 Å². The van der Waals surface area contributed by atoms with E-state index >= 15 is 0 Å². The van der Waals surface area contributed by atoms with Crippen molar-refractivity contribution in [2.24, 2.45) is 0 Å². The fourth-order valence-electron chi connectivity index (χ4n) is 1.77. The van der Waals surface area contributed by atoms with Crippen molar-refractivity contribution in [1.82, 2.24) is 10.5 Å². The Kier molecular flexibility index (Phi) is 4.11. The molecule has 0 aliphatic heterocycles. The fraction of sp³-hybridized carbons (Fsp3) is 0.357. The van der Waals surface area contributed by atoms with E-state index in [1.54, 1.807) is 26.0 Å². The number of rotatable bonds is 6. The zero-order valence-electron chi connectivity index (χ0n) is 11.8. The summed E-state index contributed by atoms with van der Waals surface area (Å²) in [4.78, 5) is 22.7. The Morgan fingerprint density at radius 2 is 2.14 bits per heavy atom. The molecule has 0 spiro atoms. The molecule has 0 aliphatic rings. The number of hydrogen-bond acceptors (Lipinski definition) is 5. The Morgan fingerprint density at radius 1 is 1.38 bits per heavy atom. The number of carboxylic acids is 1. The maximum atomic E-state index is 12.1. The lowest BCUT2D eigenvalue weighted by atomic mass is 9.98. The third kappa shape index (κ3) is 3.95. The van der Waals surface area contributed by atoms with Gasteiger partial charge in [-0.15, -0.1) is 0 Å². The second-order valence-corrected chi connectivity index (χ2v) is 5.29. The molecule has 0 aliphatic carbocycles. The third-order valence-corrected chi connectivity index (χ3v) is 2.92. The number of nitrogens with one attached hydrogen (secondary N) is 1. The maximum absolute atomic E-state index is 12.1. The molecular formula is C14H16N2O5. The van der Waals surface area contributed by atoms with Crippen LogP contribution in [-0.4, -0.2) is 27.7 Å². The number of aromatic nitrogens is 1. The molecule has 7 nitrogen and oxygen atoms in total. The van der Waals surface area contributed by atoms with Crippen molar-refractivity contribution in [2.75, 3.05) is 0 Å². The Morgan fingerprint density at radius 3 is 2.76 bits per heavy atom. The number of aliphatic carboxylic acids is 1. The van der Waals surface area contributed by atoms with E-state index in [1.807, 2.05) is 0 Å². The summed E-state index contributed by atoms with van der Waals surface area (Å²) in [7, 11) is 0. The number of carbonyl (C=O) groups is 2. The summed E-state index contributed by atoms with van der Waals surface area (Å²) >= 11 is 0. The highest BCUT2D eigenvalue weighted by Crippen LogP contribution is 2.21. The Bertz CT molecular complexity index is 628. The zero-order chi connectivity index (χ0) is 15.5. The highest BCUT2D eigenvalue weighted by atomic mass is 16.5. The lowest BCUT2D eigenvalue weighted by Crippen LogP contribution is -2.43. The van der Waals surface area contributed by atoms with Crippen LogP contribution in [0.5, 0.6) is 0 Å². The average Bonchev–Trinajstić information content (AvgIpc) is 3.06. The lowest BCUT2D eigenvalue weighted by Gasteiger charge is -2.24. The summed E-state index contributed by atoms with van der Waals surface area (Å²) in [6, 6.07) is 4.87. The van der Waals surface area contributed by atoms with Crippen molar-refractivity contribution in [3.63, 3.8) is 0 Å². The van der Waals surface area contributed by atoms with Crippen LogP contribution in [0.25, 0.3) is 11.5 Å². The monoisotopic (exact) mass is 292 g/mol. The van der Waals surface area contributed by atoms with E-state index in [1.165, 1.54) is 12.3 Å². The van der Waals surface area contributed by atoms with Crippen molar-refractivity contribution < 1.29 is 23.6 Å². The fourth-order valence-corrected chi connectivity index (χ4v) is 1.77. The molecule has 0 radical (unpaired) electrons. The summed E-state index contributed by atoms with van der Waals surface area (Å²) in [5.74, 6) is -0.494. The molecule has 0 unspecified atom stereocenters. The number of carboxylic acid groups (broad SMARTS) is 1. The first-order valence-electron chi connectivity index (χ1n) is 6.42. The molecular weight excluding hydrogens is 276 g/mol. The van der Waals surface area contributed by atoms with Crippen LogP contribution in [0.2, 0.25) is 0 Å². The van der Waals surface area contributed by atoms with Crippen LogP contribution in [0.4, 0.5) is 0 Å². The van der Waals surface area contributed by atoms with E-state index in [0.29, 0.717) is 17.9 Å². The second kappa shape index (κ2) is 5.82. The number of nitrogens with zero attached hydrogens (tertiary/aromatic N) is 1. The van der Waals surface area contributed by atoms with Gasteiger partial charge in [-0.3, -0.25) is 9.59 Å². The second-order valence-electron chi connectivity index (χ2n) is 5.29. The summed E-state index contributed by atoms with van der Waals surface area (Å²) in [5.41, 5.74) is -0.538. The zero-order valence-corrected chi connectivity index (χ0v) is 11.8. The van der Waals surface area contributed by atoms with E-state index in [0.717, 1.165) is 0 Å². The minimum Gasteiger partial charge on any atom is -0.481 e. The van der Waals surface area contributed by atoms with Crippen LogP contribution in [0.1, 0.15) is 37.2 Å². The van der Waals surface area contributed by atoms with Gasteiger partial charge in [-0.1, -0.05) is 5.16 Å². The Balaban J connectivity index is 2.02. The molecule has 1 amide bonds. The summed E-state index contributed by atoms with van der Waals surface area (Å²) in [5, 5.41) is 15.1. The average molecular weight is 292 g/mol. The molecule has 2 rings (SSSR count). The van der Waals surface area contributed by atoms with Crippen LogP contribution in [-0.2, 0) is 4.79 Å². The van der Waals surface area contributed by atoms with Crippen molar-refractivity contribution in [3.05, 3.63) is 30.2 Å². The number of hydrogen-bond donors (Lipinski definition) is 2. The molecule has 2 heterocycles. The predicted octanol–water partition coefficient (Wildman–Crippen LogP) is 2.31. The number of amides is 1. The Hall–Kier alpha value is -2.57. The van der Waals surface area contributed by atoms with Gasteiger partial charge in [0.2, 0.25) is 5.76 Å². The van der Waals surface area contributed by atoms with E-state index < -0.39 is 17.4 Å². The highest BCUT2D eigenvalue weighted by Gasteiger charge is 2.24. The van der Waals surface area contributed by atoms with Crippen LogP contribution >= 0.6 is 0 Å². The molecule has 112 valence electrons. The molecule has 0 fully saturated rings. The van der Waals surface area contributed by atoms with Crippen LogP contribution < -0.4 is 5.32 Å². The highest BCUT2D eigenvalue weighted by molar-refractivity contribution is 5.93. The van der Waals surface area contributed by atoms with E-state index in [2.05, 4.69) is 10.5 Å². The largest absolute Gasteiger partial charge is 0.481 e. The number of furan rings is 1. The molecule has 0 saturated carbocycles. The van der Waals surface area contributed by atoms with Crippen molar-refractivity contribution >= 4 is 11.9 Å². The normalized spacial score (nSPS) is 11.3. The summed E-state index contributed by atoms with van der Waals surface area (Å²) < 4.78 is 10.2. The van der Waals surface area contributed by atoms with E-state index in [4.69, 9.17) is 14.0 Å². The maximum Gasteiger partial charge on any atom is 0.303 e. The van der Waals surface area contributed by atoms with Crippen molar-refractivity contribution in [1.29, 1.82) is 0 Å². The van der Waals surface area contributed by atoms with Gasteiger partial charge in [-0.05, 0) is 32.4 Å². The van der Waals surface area contributed by atoms with E-state index in [-0.39, 0.29) is 12.1 Å².